The molecule has 0 bridgehead atoms. The summed E-state index contributed by atoms with van der Waals surface area (Å²) in [5.41, 5.74) is 2.22. The zero-order valence-electron chi connectivity index (χ0n) is 17.4. The molecule has 0 radical (unpaired) electrons. The molecule has 1 amide bonds. The molecule has 0 atom stereocenters. The first kappa shape index (κ1) is 21.7. The Morgan fingerprint density at radius 1 is 1.03 bits per heavy atom. The highest BCUT2D eigenvalue weighted by molar-refractivity contribution is 8.00. The van der Waals surface area contributed by atoms with Crippen LogP contribution in [-0.2, 0) is 9.63 Å². The van der Waals surface area contributed by atoms with Crippen molar-refractivity contribution in [2.24, 2.45) is 0 Å². The van der Waals surface area contributed by atoms with Crippen LogP contribution in [0, 0.1) is 0 Å². The molecule has 5 nitrogen and oxygen atoms in total. The third-order valence-corrected chi connectivity index (χ3v) is 6.10. The summed E-state index contributed by atoms with van der Waals surface area (Å²) in [6.45, 7) is 7.58. The second-order valence-corrected chi connectivity index (χ2v) is 9.88. The predicted octanol–water partition coefficient (Wildman–Crippen LogP) is 4.93. The summed E-state index contributed by atoms with van der Waals surface area (Å²) in [6, 6.07) is 17.8. The Hall–Kier alpha value is -2.02. The molecule has 0 saturated carbocycles. The number of piperidine rings is 1. The van der Waals surface area contributed by atoms with Gasteiger partial charge in [0.2, 0.25) is 5.91 Å². The fourth-order valence-corrected chi connectivity index (χ4v) is 4.57. The Labute approximate surface area is 177 Å². The van der Waals surface area contributed by atoms with Gasteiger partial charge in [-0.3, -0.25) is 9.63 Å². The van der Waals surface area contributed by atoms with Gasteiger partial charge in [-0.25, -0.2) is 5.48 Å². The monoisotopic (exact) mass is 414 g/mol. The lowest BCUT2D eigenvalue weighted by Crippen LogP contribution is -2.44. The van der Waals surface area contributed by atoms with E-state index < -0.39 is 5.60 Å². The SMILES string of the molecule is CC(C)(C)ONC(=O)CC1(Sc2ccc(Oc3ccccc3)cc2)CCNCC1. The molecule has 0 aromatic heterocycles. The molecular weight excluding hydrogens is 384 g/mol. The maximum absolute atomic E-state index is 12.5. The summed E-state index contributed by atoms with van der Waals surface area (Å²) in [4.78, 5) is 19.1. The smallest absolute Gasteiger partial charge is 0.244 e. The number of hydroxylamine groups is 1. The number of ether oxygens (including phenoxy) is 1. The predicted molar refractivity (Wildman–Crippen MR) is 117 cm³/mol. The standard InChI is InChI=1S/C23H30N2O3S/c1-22(2,3)28-25-21(26)17-23(13-15-24-16-14-23)29-20-11-9-19(10-12-20)27-18-7-5-4-6-8-18/h4-12,24H,13-17H2,1-3H3,(H,25,26). The molecule has 1 aliphatic heterocycles. The van der Waals surface area contributed by atoms with E-state index in [1.165, 1.54) is 0 Å². The fraction of sp³-hybridized carbons (Fsp3) is 0.435. The van der Waals surface area contributed by atoms with E-state index in [-0.39, 0.29) is 10.7 Å². The van der Waals surface area contributed by atoms with Crippen molar-refractivity contribution in [1.29, 1.82) is 0 Å². The minimum Gasteiger partial charge on any atom is -0.457 e. The van der Waals surface area contributed by atoms with Crippen LogP contribution in [0.1, 0.15) is 40.0 Å². The van der Waals surface area contributed by atoms with Crippen molar-refractivity contribution >= 4 is 17.7 Å². The fourth-order valence-electron chi connectivity index (χ4n) is 3.19. The van der Waals surface area contributed by atoms with Gasteiger partial charge < -0.3 is 10.1 Å². The maximum atomic E-state index is 12.5. The third kappa shape index (κ3) is 7.07. The van der Waals surface area contributed by atoms with E-state index in [2.05, 4.69) is 22.9 Å². The highest BCUT2D eigenvalue weighted by Crippen LogP contribution is 2.42. The Balaban J connectivity index is 1.64. The van der Waals surface area contributed by atoms with Gasteiger partial charge in [0.05, 0.1) is 5.60 Å². The lowest BCUT2D eigenvalue weighted by molar-refractivity contribution is -0.146. The Bertz CT molecular complexity index is 782. The molecule has 1 heterocycles. The third-order valence-electron chi connectivity index (χ3n) is 4.61. The number of nitrogens with one attached hydrogen (secondary N) is 2. The molecule has 1 fully saturated rings. The summed E-state index contributed by atoms with van der Waals surface area (Å²) < 4.78 is 5.74. The average Bonchev–Trinajstić information content (AvgIpc) is 2.69. The quantitative estimate of drug-likeness (QED) is 0.629. The number of carbonyl (C=O) groups is 1. The molecule has 3 rings (SSSR count). The Morgan fingerprint density at radius 2 is 1.66 bits per heavy atom. The lowest BCUT2D eigenvalue weighted by atomic mass is 9.93. The molecule has 29 heavy (non-hydrogen) atoms. The molecule has 2 aromatic rings. The van der Waals surface area contributed by atoms with Gasteiger partial charge in [-0.1, -0.05) is 18.2 Å². The van der Waals surface area contributed by atoms with Crippen LogP contribution < -0.4 is 15.5 Å². The number of amides is 1. The van der Waals surface area contributed by atoms with Crippen LogP contribution in [0.2, 0.25) is 0 Å². The summed E-state index contributed by atoms with van der Waals surface area (Å²) in [5.74, 6) is 1.55. The topological polar surface area (TPSA) is 59.6 Å². The number of thioether (sulfide) groups is 1. The first-order valence-corrected chi connectivity index (χ1v) is 10.8. The molecule has 6 heteroatoms. The average molecular weight is 415 g/mol. The summed E-state index contributed by atoms with van der Waals surface area (Å²) >= 11 is 1.78. The van der Waals surface area contributed by atoms with E-state index in [1.54, 1.807) is 11.8 Å². The van der Waals surface area contributed by atoms with Crippen LogP contribution in [-0.4, -0.2) is 29.3 Å². The summed E-state index contributed by atoms with van der Waals surface area (Å²) in [5, 5.41) is 3.39. The molecule has 0 unspecified atom stereocenters. The van der Waals surface area contributed by atoms with Gasteiger partial charge in [0.25, 0.3) is 0 Å². The van der Waals surface area contributed by atoms with E-state index in [0.717, 1.165) is 42.3 Å². The van der Waals surface area contributed by atoms with Crippen molar-refractivity contribution in [3.05, 3.63) is 54.6 Å². The van der Waals surface area contributed by atoms with Crippen molar-refractivity contribution in [3.8, 4) is 11.5 Å². The molecule has 2 aromatic carbocycles. The molecule has 0 aliphatic carbocycles. The van der Waals surface area contributed by atoms with E-state index in [1.807, 2.05) is 63.2 Å². The number of benzene rings is 2. The first-order chi connectivity index (χ1) is 13.8. The van der Waals surface area contributed by atoms with Gasteiger partial charge in [0.1, 0.15) is 11.5 Å². The summed E-state index contributed by atoms with van der Waals surface area (Å²) in [7, 11) is 0. The minimum atomic E-state index is -0.404. The molecule has 2 N–H and O–H groups in total. The van der Waals surface area contributed by atoms with Gasteiger partial charge >= 0.3 is 0 Å². The van der Waals surface area contributed by atoms with Gasteiger partial charge in [-0.05, 0) is 83.1 Å². The van der Waals surface area contributed by atoms with Crippen molar-refractivity contribution in [2.75, 3.05) is 13.1 Å². The van der Waals surface area contributed by atoms with Crippen molar-refractivity contribution < 1.29 is 14.4 Å². The van der Waals surface area contributed by atoms with Crippen molar-refractivity contribution in [3.63, 3.8) is 0 Å². The van der Waals surface area contributed by atoms with Gasteiger partial charge in [-0.2, -0.15) is 0 Å². The van der Waals surface area contributed by atoms with Gasteiger partial charge in [0, 0.05) is 16.1 Å². The van der Waals surface area contributed by atoms with Crippen LogP contribution in [0.5, 0.6) is 11.5 Å². The van der Waals surface area contributed by atoms with Crippen LogP contribution >= 0.6 is 11.8 Å². The Kier molecular flexibility index (Phi) is 7.22. The molecule has 1 saturated heterocycles. The van der Waals surface area contributed by atoms with E-state index >= 15 is 0 Å². The van der Waals surface area contributed by atoms with Gasteiger partial charge in [-0.15, -0.1) is 11.8 Å². The second-order valence-electron chi connectivity index (χ2n) is 8.34. The van der Waals surface area contributed by atoms with Gasteiger partial charge in [0.15, 0.2) is 0 Å². The largest absolute Gasteiger partial charge is 0.457 e. The van der Waals surface area contributed by atoms with E-state index in [4.69, 9.17) is 9.57 Å². The van der Waals surface area contributed by atoms with Crippen molar-refractivity contribution in [2.45, 2.75) is 55.3 Å². The van der Waals surface area contributed by atoms with Crippen LogP contribution in [0.3, 0.4) is 0 Å². The number of carbonyl (C=O) groups excluding carboxylic acids is 1. The maximum Gasteiger partial charge on any atom is 0.244 e. The molecular formula is C23H30N2O3S. The second kappa shape index (κ2) is 9.65. The van der Waals surface area contributed by atoms with Crippen LogP contribution in [0.4, 0.5) is 0 Å². The molecule has 156 valence electrons. The normalized spacial score (nSPS) is 16.2. The number of para-hydroxylation sites is 1. The van der Waals surface area contributed by atoms with Crippen LogP contribution in [0.25, 0.3) is 0 Å². The zero-order valence-corrected chi connectivity index (χ0v) is 18.2. The molecule has 1 aliphatic rings. The van der Waals surface area contributed by atoms with E-state index in [9.17, 15) is 4.79 Å². The highest BCUT2D eigenvalue weighted by atomic mass is 32.2. The Morgan fingerprint density at radius 3 is 2.28 bits per heavy atom. The first-order valence-electron chi connectivity index (χ1n) is 10.0. The number of hydrogen-bond acceptors (Lipinski definition) is 5. The number of hydrogen-bond donors (Lipinski definition) is 2. The van der Waals surface area contributed by atoms with E-state index in [0.29, 0.717) is 6.42 Å². The van der Waals surface area contributed by atoms with Crippen LogP contribution in [0.15, 0.2) is 59.5 Å². The highest BCUT2D eigenvalue weighted by Gasteiger charge is 2.36. The molecule has 0 spiro atoms. The zero-order chi connectivity index (χ0) is 20.7. The van der Waals surface area contributed by atoms with Crippen molar-refractivity contribution in [1.82, 2.24) is 10.8 Å². The lowest BCUT2D eigenvalue weighted by Gasteiger charge is -2.36. The number of rotatable bonds is 7. The minimum absolute atomic E-state index is 0.0710. The summed E-state index contributed by atoms with van der Waals surface area (Å²) in [6.07, 6.45) is 2.30.